The van der Waals surface area contributed by atoms with Crippen LogP contribution in [0.4, 0.5) is 0 Å². The Labute approximate surface area is 121 Å². The Balaban J connectivity index is 2.22. The number of pyridine rings is 1. The van der Waals surface area contributed by atoms with E-state index in [1.807, 2.05) is 19.9 Å². The lowest BCUT2D eigenvalue weighted by Gasteiger charge is -2.15. The third-order valence-electron chi connectivity index (χ3n) is 3.67. The zero-order valence-electron chi connectivity index (χ0n) is 12.8. The summed E-state index contributed by atoms with van der Waals surface area (Å²) in [6, 6.07) is 6.25. The molecule has 0 spiro atoms. The molecule has 1 unspecified atom stereocenters. The lowest BCUT2D eigenvalue weighted by molar-refractivity contribution is 0.583. The highest BCUT2D eigenvalue weighted by Crippen LogP contribution is 2.19. The molecule has 0 aliphatic rings. The molecule has 0 amide bonds. The van der Waals surface area contributed by atoms with E-state index < -0.39 is 0 Å². The number of nitrogens with two attached hydrogens (primary N) is 1. The van der Waals surface area contributed by atoms with Crippen LogP contribution < -0.4 is 5.73 Å². The summed E-state index contributed by atoms with van der Waals surface area (Å²) in [5.41, 5.74) is 11.9. The summed E-state index contributed by atoms with van der Waals surface area (Å²) in [5, 5.41) is 4.58. The van der Waals surface area contributed by atoms with Crippen molar-refractivity contribution >= 4 is 0 Å². The van der Waals surface area contributed by atoms with Crippen LogP contribution in [0.5, 0.6) is 0 Å². The topological polar surface area (TPSA) is 56.7 Å². The van der Waals surface area contributed by atoms with E-state index in [4.69, 9.17) is 5.73 Å². The molecular weight excluding hydrogens is 248 g/mol. The minimum atomic E-state index is -0.0326. The van der Waals surface area contributed by atoms with Gasteiger partial charge in [-0.3, -0.25) is 9.67 Å². The molecule has 4 heteroatoms. The number of hydrogen-bond donors (Lipinski definition) is 1. The normalized spacial score (nSPS) is 12.7. The van der Waals surface area contributed by atoms with E-state index in [9.17, 15) is 0 Å². The van der Waals surface area contributed by atoms with Crippen LogP contribution in [0.1, 0.15) is 48.2 Å². The van der Waals surface area contributed by atoms with Gasteiger partial charge in [0.2, 0.25) is 0 Å². The number of aryl methyl sites for hydroxylation is 4. The predicted octanol–water partition coefficient (Wildman–Crippen LogP) is 2.72. The molecule has 0 fully saturated rings. The van der Waals surface area contributed by atoms with Crippen LogP contribution in [0.3, 0.4) is 0 Å². The molecule has 0 radical (unpaired) electrons. The summed E-state index contributed by atoms with van der Waals surface area (Å²) in [6.45, 7) is 9.15. The molecule has 0 saturated heterocycles. The molecule has 0 aliphatic heterocycles. The standard InChI is InChI=1S/C16H24N4/c1-5-13-9-14(20(6-2)19-13)10-16(17)15-8-7-11(3)18-12(15)4/h7-9,16H,5-6,10,17H2,1-4H3. The highest BCUT2D eigenvalue weighted by Gasteiger charge is 2.14. The first-order valence-corrected chi connectivity index (χ1v) is 7.30. The molecule has 20 heavy (non-hydrogen) atoms. The maximum absolute atomic E-state index is 6.37. The third kappa shape index (κ3) is 3.07. The molecule has 0 aromatic carbocycles. The van der Waals surface area contributed by atoms with Gasteiger partial charge in [0.25, 0.3) is 0 Å². The van der Waals surface area contributed by atoms with Crippen LogP contribution in [-0.2, 0) is 19.4 Å². The van der Waals surface area contributed by atoms with Gasteiger partial charge in [-0.05, 0) is 44.9 Å². The van der Waals surface area contributed by atoms with Crippen molar-refractivity contribution in [1.29, 1.82) is 0 Å². The monoisotopic (exact) mass is 272 g/mol. The Kier molecular flexibility index (Phi) is 4.55. The maximum atomic E-state index is 6.37. The summed E-state index contributed by atoms with van der Waals surface area (Å²) in [5.74, 6) is 0. The average Bonchev–Trinajstić information content (AvgIpc) is 2.80. The average molecular weight is 272 g/mol. The second-order valence-electron chi connectivity index (χ2n) is 5.23. The third-order valence-corrected chi connectivity index (χ3v) is 3.67. The van der Waals surface area contributed by atoms with Crippen LogP contribution in [-0.4, -0.2) is 14.8 Å². The zero-order valence-corrected chi connectivity index (χ0v) is 12.8. The van der Waals surface area contributed by atoms with Gasteiger partial charge >= 0.3 is 0 Å². The molecule has 0 bridgehead atoms. The lowest BCUT2D eigenvalue weighted by atomic mass is 10.0. The van der Waals surface area contributed by atoms with Gasteiger partial charge in [-0.25, -0.2) is 0 Å². The van der Waals surface area contributed by atoms with E-state index in [0.29, 0.717) is 0 Å². The molecule has 2 heterocycles. The maximum Gasteiger partial charge on any atom is 0.0624 e. The fourth-order valence-electron chi connectivity index (χ4n) is 2.55. The first-order valence-electron chi connectivity index (χ1n) is 7.30. The van der Waals surface area contributed by atoms with E-state index in [2.05, 4.69) is 40.7 Å². The molecule has 0 saturated carbocycles. The molecule has 108 valence electrons. The van der Waals surface area contributed by atoms with Gasteiger partial charge in [0, 0.05) is 36.1 Å². The number of hydrogen-bond acceptors (Lipinski definition) is 3. The van der Waals surface area contributed by atoms with Crippen molar-refractivity contribution in [3.63, 3.8) is 0 Å². The molecule has 2 aromatic rings. The molecule has 2 N–H and O–H groups in total. The zero-order chi connectivity index (χ0) is 14.7. The van der Waals surface area contributed by atoms with Gasteiger partial charge in [0.1, 0.15) is 0 Å². The second-order valence-corrected chi connectivity index (χ2v) is 5.23. The fourth-order valence-corrected chi connectivity index (χ4v) is 2.55. The number of rotatable bonds is 5. The van der Waals surface area contributed by atoms with Gasteiger partial charge in [0.05, 0.1) is 5.69 Å². The van der Waals surface area contributed by atoms with Gasteiger partial charge < -0.3 is 5.73 Å². The Bertz CT molecular complexity index is 586. The highest BCUT2D eigenvalue weighted by atomic mass is 15.3. The Morgan fingerprint density at radius 1 is 1.25 bits per heavy atom. The van der Waals surface area contributed by atoms with Crippen LogP contribution in [0, 0.1) is 13.8 Å². The first-order chi connectivity index (χ1) is 9.55. The smallest absolute Gasteiger partial charge is 0.0624 e. The summed E-state index contributed by atoms with van der Waals surface area (Å²) < 4.78 is 2.05. The molecule has 4 nitrogen and oxygen atoms in total. The van der Waals surface area contributed by atoms with Crippen LogP contribution in [0.2, 0.25) is 0 Å². The molecule has 2 rings (SSSR count). The van der Waals surface area contributed by atoms with Crippen molar-refractivity contribution < 1.29 is 0 Å². The minimum absolute atomic E-state index is 0.0326. The molecular formula is C16H24N4. The van der Waals surface area contributed by atoms with Crippen molar-refractivity contribution in [1.82, 2.24) is 14.8 Å². The largest absolute Gasteiger partial charge is 0.324 e. The number of nitrogens with zero attached hydrogens (tertiary/aromatic N) is 3. The summed E-state index contributed by atoms with van der Waals surface area (Å²) in [6.07, 6.45) is 1.76. The van der Waals surface area contributed by atoms with Crippen molar-refractivity contribution in [3.05, 3.63) is 46.5 Å². The fraction of sp³-hybridized carbons (Fsp3) is 0.500. The Hall–Kier alpha value is -1.68. The van der Waals surface area contributed by atoms with Gasteiger partial charge in [-0.2, -0.15) is 5.10 Å². The van der Waals surface area contributed by atoms with E-state index in [1.54, 1.807) is 0 Å². The van der Waals surface area contributed by atoms with Gasteiger partial charge in [-0.1, -0.05) is 13.0 Å². The van der Waals surface area contributed by atoms with Crippen LogP contribution in [0.25, 0.3) is 0 Å². The van der Waals surface area contributed by atoms with Crippen LogP contribution in [0.15, 0.2) is 18.2 Å². The summed E-state index contributed by atoms with van der Waals surface area (Å²) >= 11 is 0. The summed E-state index contributed by atoms with van der Waals surface area (Å²) in [4.78, 5) is 4.50. The van der Waals surface area contributed by atoms with E-state index in [0.717, 1.165) is 42.0 Å². The Morgan fingerprint density at radius 3 is 2.60 bits per heavy atom. The quantitative estimate of drug-likeness (QED) is 0.910. The van der Waals surface area contributed by atoms with E-state index in [-0.39, 0.29) is 6.04 Å². The van der Waals surface area contributed by atoms with Crippen molar-refractivity contribution in [2.24, 2.45) is 5.73 Å². The van der Waals surface area contributed by atoms with Crippen molar-refractivity contribution in [2.75, 3.05) is 0 Å². The van der Waals surface area contributed by atoms with Crippen molar-refractivity contribution in [2.45, 2.75) is 53.1 Å². The predicted molar refractivity (Wildman–Crippen MR) is 81.6 cm³/mol. The molecule has 2 aromatic heterocycles. The van der Waals surface area contributed by atoms with Gasteiger partial charge in [-0.15, -0.1) is 0 Å². The SMILES string of the molecule is CCc1cc(CC(N)c2ccc(C)nc2C)n(CC)n1. The molecule has 0 aliphatic carbocycles. The molecule has 1 atom stereocenters. The highest BCUT2D eigenvalue weighted by molar-refractivity contribution is 5.26. The van der Waals surface area contributed by atoms with E-state index in [1.165, 1.54) is 5.69 Å². The minimum Gasteiger partial charge on any atom is -0.324 e. The second kappa shape index (κ2) is 6.18. The first kappa shape index (κ1) is 14.7. The Morgan fingerprint density at radius 2 is 2.00 bits per heavy atom. The number of aromatic nitrogens is 3. The van der Waals surface area contributed by atoms with Crippen molar-refractivity contribution in [3.8, 4) is 0 Å². The van der Waals surface area contributed by atoms with Crippen LogP contribution >= 0.6 is 0 Å². The van der Waals surface area contributed by atoms with Gasteiger partial charge in [0.15, 0.2) is 0 Å². The lowest BCUT2D eigenvalue weighted by Crippen LogP contribution is -2.17. The van der Waals surface area contributed by atoms with E-state index >= 15 is 0 Å². The summed E-state index contributed by atoms with van der Waals surface area (Å²) in [7, 11) is 0.